The standard InChI is InChI=1S/C16H18N4O4/c1-9(2)12-7-13(20-19-12)16(24)18-11-5-3-10(4-6-11)15(23)17-8-14(21)22/h3-7,9H,8H2,1-2H3,(H,17,23)(H,18,24)(H,19,20)(H,21,22). The molecule has 24 heavy (non-hydrogen) atoms. The highest BCUT2D eigenvalue weighted by atomic mass is 16.4. The van der Waals surface area contributed by atoms with Gasteiger partial charge in [0.05, 0.1) is 0 Å². The molecule has 0 bridgehead atoms. The van der Waals surface area contributed by atoms with Crippen LogP contribution in [0.15, 0.2) is 30.3 Å². The second kappa shape index (κ2) is 7.40. The first-order valence-corrected chi connectivity index (χ1v) is 7.33. The molecular formula is C16H18N4O4. The molecule has 0 fully saturated rings. The smallest absolute Gasteiger partial charge is 0.322 e. The lowest BCUT2D eigenvalue weighted by molar-refractivity contribution is -0.135. The molecule has 8 heteroatoms. The largest absolute Gasteiger partial charge is 0.480 e. The molecule has 0 spiro atoms. The number of carboxylic acid groups (broad SMARTS) is 1. The van der Waals surface area contributed by atoms with Gasteiger partial charge < -0.3 is 15.7 Å². The zero-order chi connectivity index (χ0) is 17.7. The van der Waals surface area contributed by atoms with Crippen LogP contribution >= 0.6 is 0 Å². The Morgan fingerprint density at radius 2 is 1.83 bits per heavy atom. The van der Waals surface area contributed by atoms with Gasteiger partial charge in [0.25, 0.3) is 11.8 Å². The fourth-order valence-corrected chi connectivity index (χ4v) is 1.91. The van der Waals surface area contributed by atoms with E-state index in [9.17, 15) is 14.4 Å². The third kappa shape index (κ3) is 4.42. The predicted molar refractivity (Wildman–Crippen MR) is 87.0 cm³/mol. The predicted octanol–water partition coefficient (Wildman–Crippen LogP) is 1.60. The molecule has 1 aromatic carbocycles. The van der Waals surface area contributed by atoms with Gasteiger partial charge in [-0.1, -0.05) is 13.8 Å². The highest BCUT2D eigenvalue weighted by molar-refractivity contribution is 6.03. The van der Waals surface area contributed by atoms with Gasteiger partial charge in [0, 0.05) is 16.9 Å². The van der Waals surface area contributed by atoms with Crippen LogP contribution in [0.2, 0.25) is 0 Å². The minimum Gasteiger partial charge on any atom is -0.480 e. The maximum atomic E-state index is 12.1. The van der Waals surface area contributed by atoms with Gasteiger partial charge in [0.15, 0.2) is 5.69 Å². The minimum atomic E-state index is -1.12. The number of aromatic nitrogens is 2. The summed E-state index contributed by atoms with van der Waals surface area (Å²) in [4.78, 5) is 34.2. The first-order valence-electron chi connectivity index (χ1n) is 7.33. The van der Waals surface area contributed by atoms with Crippen molar-refractivity contribution in [1.29, 1.82) is 0 Å². The van der Waals surface area contributed by atoms with Crippen LogP contribution in [0.3, 0.4) is 0 Å². The minimum absolute atomic E-state index is 0.239. The number of nitrogens with zero attached hydrogens (tertiary/aromatic N) is 1. The van der Waals surface area contributed by atoms with Crippen LogP contribution in [0, 0.1) is 0 Å². The molecule has 126 valence electrons. The first kappa shape index (κ1) is 17.2. The quantitative estimate of drug-likeness (QED) is 0.640. The van der Waals surface area contributed by atoms with E-state index in [0.29, 0.717) is 11.3 Å². The molecule has 0 atom stereocenters. The van der Waals surface area contributed by atoms with Crippen LogP contribution < -0.4 is 10.6 Å². The van der Waals surface area contributed by atoms with Crippen molar-refractivity contribution in [3.8, 4) is 0 Å². The van der Waals surface area contributed by atoms with Gasteiger partial charge >= 0.3 is 5.97 Å². The van der Waals surface area contributed by atoms with Crippen molar-refractivity contribution in [2.24, 2.45) is 0 Å². The topological polar surface area (TPSA) is 124 Å². The van der Waals surface area contributed by atoms with Gasteiger partial charge in [-0.25, -0.2) is 0 Å². The zero-order valence-electron chi connectivity index (χ0n) is 13.3. The number of carbonyl (C=O) groups is 3. The van der Waals surface area contributed by atoms with Gasteiger partial charge in [-0.2, -0.15) is 5.10 Å². The molecule has 0 unspecified atom stereocenters. The first-order chi connectivity index (χ1) is 11.4. The number of amides is 2. The van der Waals surface area contributed by atoms with E-state index >= 15 is 0 Å². The van der Waals surface area contributed by atoms with Crippen molar-refractivity contribution in [3.05, 3.63) is 47.3 Å². The maximum absolute atomic E-state index is 12.1. The Morgan fingerprint density at radius 3 is 2.38 bits per heavy atom. The second-order valence-corrected chi connectivity index (χ2v) is 5.47. The number of hydrogen-bond donors (Lipinski definition) is 4. The van der Waals surface area contributed by atoms with Crippen molar-refractivity contribution >= 4 is 23.5 Å². The van der Waals surface area contributed by atoms with E-state index in [1.807, 2.05) is 13.8 Å². The Kier molecular flexibility index (Phi) is 5.31. The molecule has 0 aliphatic rings. The third-order valence-electron chi connectivity index (χ3n) is 3.26. The Balaban J connectivity index is 1.99. The van der Waals surface area contributed by atoms with Crippen molar-refractivity contribution in [3.63, 3.8) is 0 Å². The number of carbonyl (C=O) groups excluding carboxylic acids is 2. The highest BCUT2D eigenvalue weighted by Gasteiger charge is 2.13. The lowest BCUT2D eigenvalue weighted by Gasteiger charge is -2.05. The molecule has 0 aliphatic heterocycles. The second-order valence-electron chi connectivity index (χ2n) is 5.47. The van der Waals surface area contributed by atoms with Gasteiger partial charge in [-0.15, -0.1) is 0 Å². The number of carboxylic acids is 1. The molecule has 0 saturated carbocycles. The monoisotopic (exact) mass is 330 g/mol. The summed E-state index contributed by atoms with van der Waals surface area (Å²) in [5.41, 5.74) is 1.95. The number of rotatable bonds is 6. The third-order valence-corrected chi connectivity index (χ3v) is 3.26. The average molecular weight is 330 g/mol. The summed E-state index contributed by atoms with van der Waals surface area (Å²) < 4.78 is 0. The summed E-state index contributed by atoms with van der Waals surface area (Å²) in [5.74, 6) is -1.74. The molecular weight excluding hydrogens is 312 g/mol. The van der Waals surface area contributed by atoms with Crippen molar-refractivity contribution in [1.82, 2.24) is 15.5 Å². The molecule has 0 aliphatic carbocycles. The van der Waals surface area contributed by atoms with Crippen molar-refractivity contribution in [2.45, 2.75) is 19.8 Å². The summed E-state index contributed by atoms with van der Waals surface area (Å²) in [7, 11) is 0. The number of anilines is 1. The fraction of sp³-hybridized carbons (Fsp3) is 0.250. The van der Waals surface area contributed by atoms with Crippen LogP contribution in [-0.4, -0.2) is 39.6 Å². The van der Waals surface area contributed by atoms with E-state index in [4.69, 9.17) is 5.11 Å². The molecule has 0 radical (unpaired) electrons. The van der Waals surface area contributed by atoms with Gasteiger partial charge in [-0.05, 0) is 36.2 Å². The van der Waals surface area contributed by atoms with Gasteiger partial charge in [0.2, 0.25) is 0 Å². The SMILES string of the molecule is CC(C)c1cc(C(=O)Nc2ccc(C(=O)NCC(=O)O)cc2)n[nH]1. The summed E-state index contributed by atoms with van der Waals surface area (Å²) in [5, 5.41) is 20.2. The van der Waals surface area contributed by atoms with E-state index in [1.54, 1.807) is 18.2 Å². The van der Waals surface area contributed by atoms with E-state index in [1.165, 1.54) is 12.1 Å². The van der Waals surface area contributed by atoms with E-state index in [-0.39, 0.29) is 17.5 Å². The normalized spacial score (nSPS) is 10.5. The highest BCUT2D eigenvalue weighted by Crippen LogP contribution is 2.14. The van der Waals surface area contributed by atoms with Crippen LogP contribution in [0.4, 0.5) is 5.69 Å². The fourth-order valence-electron chi connectivity index (χ4n) is 1.91. The van der Waals surface area contributed by atoms with Crippen LogP contribution in [-0.2, 0) is 4.79 Å². The summed E-state index contributed by atoms with van der Waals surface area (Å²) >= 11 is 0. The zero-order valence-corrected chi connectivity index (χ0v) is 13.3. The molecule has 4 N–H and O–H groups in total. The lowest BCUT2D eigenvalue weighted by Crippen LogP contribution is -2.29. The van der Waals surface area contributed by atoms with E-state index in [0.717, 1.165) is 5.69 Å². The molecule has 0 saturated heterocycles. The Labute approximate surface area is 138 Å². The molecule has 2 aromatic rings. The summed E-state index contributed by atoms with van der Waals surface area (Å²) in [6.45, 7) is 3.53. The molecule has 1 aromatic heterocycles. The van der Waals surface area contributed by atoms with Crippen molar-refractivity contribution < 1.29 is 19.5 Å². The number of H-pyrrole nitrogens is 1. The number of hydrogen-bond acceptors (Lipinski definition) is 4. The van der Waals surface area contributed by atoms with Gasteiger partial charge in [-0.3, -0.25) is 19.5 Å². The Bertz CT molecular complexity index is 750. The van der Waals surface area contributed by atoms with Crippen LogP contribution in [0.1, 0.15) is 46.3 Å². The average Bonchev–Trinajstić information content (AvgIpc) is 3.03. The van der Waals surface area contributed by atoms with E-state index in [2.05, 4.69) is 20.8 Å². The molecule has 8 nitrogen and oxygen atoms in total. The van der Waals surface area contributed by atoms with E-state index < -0.39 is 18.4 Å². The molecule has 2 amide bonds. The summed E-state index contributed by atoms with van der Waals surface area (Å²) in [6.07, 6.45) is 0. The van der Waals surface area contributed by atoms with Crippen LogP contribution in [0.25, 0.3) is 0 Å². The maximum Gasteiger partial charge on any atom is 0.322 e. The number of benzene rings is 1. The Hall–Kier alpha value is -3.16. The summed E-state index contributed by atoms with van der Waals surface area (Å²) in [6, 6.07) is 7.80. The Morgan fingerprint density at radius 1 is 1.17 bits per heavy atom. The molecule has 1 heterocycles. The van der Waals surface area contributed by atoms with Crippen LogP contribution in [0.5, 0.6) is 0 Å². The van der Waals surface area contributed by atoms with Crippen molar-refractivity contribution in [2.75, 3.05) is 11.9 Å². The lowest BCUT2D eigenvalue weighted by atomic mass is 10.1. The van der Waals surface area contributed by atoms with Gasteiger partial charge in [0.1, 0.15) is 6.54 Å². The number of nitrogens with one attached hydrogen (secondary N) is 3. The number of aromatic amines is 1. The number of aliphatic carboxylic acids is 1. The molecule has 2 rings (SSSR count).